The van der Waals surface area contributed by atoms with Gasteiger partial charge in [0.05, 0.1) is 0 Å². The van der Waals surface area contributed by atoms with Crippen LogP contribution in [-0.4, -0.2) is 12.5 Å². The first-order chi connectivity index (χ1) is 9.20. The van der Waals surface area contributed by atoms with Gasteiger partial charge in [-0.3, -0.25) is 4.79 Å². The molecule has 1 aromatic heterocycles. The summed E-state index contributed by atoms with van der Waals surface area (Å²) in [5.41, 5.74) is 2.27. The zero-order chi connectivity index (χ0) is 13.3. The molecule has 1 saturated carbocycles. The minimum Gasteiger partial charge on any atom is -0.351 e. The van der Waals surface area contributed by atoms with Crippen molar-refractivity contribution in [3.8, 4) is 0 Å². The lowest BCUT2D eigenvalue weighted by Crippen LogP contribution is -2.32. The molecule has 0 atom stereocenters. The van der Waals surface area contributed by atoms with E-state index in [0.717, 1.165) is 11.0 Å². The van der Waals surface area contributed by atoms with E-state index in [1.165, 1.54) is 18.4 Å². The second-order valence-electron chi connectivity index (χ2n) is 4.99. The summed E-state index contributed by atoms with van der Waals surface area (Å²) in [6.45, 7) is 0.731. The smallest absolute Gasteiger partial charge is 0.251 e. The van der Waals surface area contributed by atoms with Gasteiger partial charge in [-0.05, 0) is 53.4 Å². The fourth-order valence-corrected chi connectivity index (χ4v) is 3.44. The van der Waals surface area contributed by atoms with Crippen LogP contribution in [-0.2, 0) is 5.41 Å². The van der Waals surface area contributed by atoms with Gasteiger partial charge in [0.1, 0.15) is 0 Å². The average Bonchev–Trinajstić information content (AvgIpc) is 2.99. The largest absolute Gasteiger partial charge is 0.351 e. The predicted octanol–water partition coefficient (Wildman–Crippen LogP) is 3.97. The first-order valence-electron chi connectivity index (χ1n) is 6.26. The summed E-state index contributed by atoms with van der Waals surface area (Å²) in [5.74, 6) is 0.00260. The minimum absolute atomic E-state index is 0.00260. The number of amides is 1. The highest BCUT2D eigenvalue weighted by Crippen LogP contribution is 2.48. The van der Waals surface area contributed by atoms with Crippen molar-refractivity contribution in [2.24, 2.45) is 0 Å². The Balaban J connectivity index is 1.66. The third kappa shape index (κ3) is 2.74. The topological polar surface area (TPSA) is 29.1 Å². The van der Waals surface area contributed by atoms with Crippen molar-refractivity contribution in [3.63, 3.8) is 0 Å². The highest BCUT2D eigenvalue weighted by atomic mass is 79.9. The van der Waals surface area contributed by atoms with Crippen LogP contribution in [0.25, 0.3) is 0 Å². The zero-order valence-corrected chi connectivity index (χ0v) is 12.8. The van der Waals surface area contributed by atoms with Crippen LogP contribution in [0.4, 0.5) is 0 Å². The highest BCUT2D eigenvalue weighted by Gasteiger charge is 2.44. The summed E-state index contributed by atoms with van der Waals surface area (Å²) in [5, 5.41) is 7.36. The van der Waals surface area contributed by atoms with Crippen molar-refractivity contribution < 1.29 is 4.79 Å². The molecule has 0 aliphatic heterocycles. The van der Waals surface area contributed by atoms with Crippen LogP contribution in [0.2, 0.25) is 0 Å². The number of benzene rings is 1. The van der Waals surface area contributed by atoms with Crippen molar-refractivity contribution in [3.05, 3.63) is 56.7 Å². The van der Waals surface area contributed by atoms with Gasteiger partial charge in [-0.25, -0.2) is 0 Å². The maximum absolute atomic E-state index is 12.1. The van der Waals surface area contributed by atoms with Crippen molar-refractivity contribution >= 4 is 33.2 Å². The molecule has 1 heterocycles. The van der Waals surface area contributed by atoms with Crippen LogP contribution in [0.15, 0.2) is 45.6 Å². The molecule has 0 unspecified atom stereocenters. The predicted molar refractivity (Wildman–Crippen MR) is 81.7 cm³/mol. The van der Waals surface area contributed by atoms with E-state index in [4.69, 9.17) is 0 Å². The fraction of sp³-hybridized carbons (Fsp3) is 0.267. The molecule has 1 aliphatic carbocycles. The van der Waals surface area contributed by atoms with E-state index in [-0.39, 0.29) is 11.3 Å². The number of thiophene rings is 1. The quantitative estimate of drug-likeness (QED) is 0.899. The van der Waals surface area contributed by atoms with E-state index in [1.54, 1.807) is 11.3 Å². The van der Waals surface area contributed by atoms with E-state index >= 15 is 0 Å². The Kier molecular flexibility index (Phi) is 3.46. The van der Waals surface area contributed by atoms with Crippen LogP contribution in [0.1, 0.15) is 28.8 Å². The molecule has 2 nitrogen and oxygen atoms in total. The van der Waals surface area contributed by atoms with Gasteiger partial charge in [-0.1, -0.05) is 22.0 Å². The molecule has 1 amide bonds. The van der Waals surface area contributed by atoms with Gasteiger partial charge >= 0.3 is 0 Å². The number of nitrogens with one attached hydrogen (secondary N) is 1. The summed E-state index contributed by atoms with van der Waals surface area (Å²) >= 11 is 5.11. The highest BCUT2D eigenvalue weighted by molar-refractivity contribution is 9.10. The van der Waals surface area contributed by atoms with Crippen LogP contribution in [0.5, 0.6) is 0 Å². The lowest BCUT2D eigenvalue weighted by atomic mass is 9.99. The normalized spacial score (nSPS) is 16.1. The molecule has 1 aliphatic rings. The van der Waals surface area contributed by atoms with Crippen molar-refractivity contribution in [1.82, 2.24) is 5.32 Å². The van der Waals surface area contributed by atoms with E-state index in [2.05, 4.69) is 38.1 Å². The molecular formula is C15H14BrNOS. The van der Waals surface area contributed by atoms with E-state index < -0.39 is 0 Å². The molecular weight excluding hydrogens is 322 g/mol. The van der Waals surface area contributed by atoms with Gasteiger partial charge in [0, 0.05) is 22.0 Å². The first kappa shape index (κ1) is 12.9. The Morgan fingerprint density at radius 1 is 1.37 bits per heavy atom. The summed E-state index contributed by atoms with van der Waals surface area (Å²) in [7, 11) is 0. The van der Waals surface area contributed by atoms with Gasteiger partial charge in [0.25, 0.3) is 5.91 Å². The molecule has 98 valence electrons. The third-order valence-corrected chi connectivity index (χ3v) is 4.84. The standard InChI is InChI=1S/C15H14BrNOS/c16-13-3-1-2-11(8-13)14(18)17-10-15(5-6-15)12-4-7-19-9-12/h1-4,7-9H,5-6,10H2,(H,17,18). The number of hydrogen-bond donors (Lipinski definition) is 1. The summed E-state index contributed by atoms with van der Waals surface area (Å²) in [6, 6.07) is 9.65. The van der Waals surface area contributed by atoms with Gasteiger partial charge < -0.3 is 5.32 Å². The van der Waals surface area contributed by atoms with Gasteiger partial charge in [0.2, 0.25) is 0 Å². The average molecular weight is 336 g/mol. The number of halogens is 1. The Morgan fingerprint density at radius 3 is 2.84 bits per heavy atom. The molecule has 0 bridgehead atoms. The van der Waals surface area contributed by atoms with Crippen LogP contribution in [0, 0.1) is 0 Å². The van der Waals surface area contributed by atoms with E-state index in [0.29, 0.717) is 5.56 Å². The molecule has 0 radical (unpaired) electrons. The van der Waals surface area contributed by atoms with E-state index in [1.807, 2.05) is 24.3 Å². The van der Waals surface area contributed by atoms with Crippen LogP contribution < -0.4 is 5.32 Å². The molecule has 0 saturated heterocycles. The zero-order valence-electron chi connectivity index (χ0n) is 10.4. The number of carbonyl (C=O) groups is 1. The second kappa shape index (κ2) is 5.10. The molecule has 1 N–H and O–H groups in total. The van der Waals surface area contributed by atoms with Crippen molar-refractivity contribution in [2.45, 2.75) is 18.3 Å². The lowest BCUT2D eigenvalue weighted by Gasteiger charge is -2.14. The second-order valence-corrected chi connectivity index (χ2v) is 6.68. The Hall–Kier alpha value is -1.13. The Labute approximate surface area is 125 Å². The summed E-state index contributed by atoms with van der Waals surface area (Å²) < 4.78 is 0.930. The Morgan fingerprint density at radius 2 is 2.21 bits per heavy atom. The van der Waals surface area contributed by atoms with E-state index in [9.17, 15) is 4.79 Å². The Bertz CT molecular complexity index is 590. The van der Waals surface area contributed by atoms with Gasteiger partial charge in [-0.15, -0.1) is 0 Å². The molecule has 1 aromatic carbocycles. The first-order valence-corrected chi connectivity index (χ1v) is 8.00. The molecule has 2 aromatic rings. The van der Waals surface area contributed by atoms with Crippen molar-refractivity contribution in [1.29, 1.82) is 0 Å². The third-order valence-electron chi connectivity index (χ3n) is 3.66. The van der Waals surface area contributed by atoms with Crippen LogP contribution >= 0.6 is 27.3 Å². The van der Waals surface area contributed by atoms with Crippen molar-refractivity contribution in [2.75, 3.05) is 6.54 Å². The summed E-state index contributed by atoms with van der Waals surface area (Å²) in [6.07, 6.45) is 2.34. The number of carbonyl (C=O) groups excluding carboxylic acids is 1. The summed E-state index contributed by atoms with van der Waals surface area (Å²) in [4.78, 5) is 12.1. The lowest BCUT2D eigenvalue weighted by molar-refractivity contribution is 0.0949. The molecule has 0 spiro atoms. The number of rotatable bonds is 4. The maximum atomic E-state index is 12.1. The molecule has 4 heteroatoms. The van der Waals surface area contributed by atoms with Gasteiger partial charge in [0.15, 0.2) is 0 Å². The number of hydrogen-bond acceptors (Lipinski definition) is 2. The fourth-order valence-electron chi connectivity index (χ4n) is 2.27. The minimum atomic E-state index is 0.00260. The monoisotopic (exact) mass is 335 g/mol. The molecule has 1 fully saturated rings. The maximum Gasteiger partial charge on any atom is 0.251 e. The van der Waals surface area contributed by atoms with Gasteiger partial charge in [-0.2, -0.15) is 11.3 Å². The van der Waals surface area contributed by atoms with Crippen LogP contribution in [0.3, 0.4) is 0 Å². The SMILES string of the molecule is O=C(NCC1(c2ccsc2)CC1)c1cccc(Br)c1. The molecule has 19 heavy (non-hydrogen) atoms. The molecule has 3 rings (SSSR count).